The minimum atomic E-state index is -0.333. The second kappa shape index (κ2) is 6.62. The zero-order valence-corrected chi connectivity index (χ0v) is 12.6. The number of amides is 1. The molecule has 2 aromatic carbocycles. The Morgan fingerprint density at radius 1 is 1.26 bits per heavy atom. The van der Waals surface area contributed by atoms with Crippen LogP contribution in [0.25, 0.3) is 11.0 Å². The van der Waals surface area contributed by atoms with Crippen LogP contribution in [-0.4, -0.2) is 27.7 Å². The summed E-state index contributed by atoms with van der Waals surface area (Å²) >= 11 is 5.91. The first-order chi connectivity index (χ1) is 11.1. The monoisotopic (exact) mass is 334 g/mol. The zero-order valence-electron chi connectivity index (χ0n) is 11.9. The van der Waals surface area contributed by atoms with Gasteiger partial charge in [0.1, 0.15) is 16.9 Å². The number of hydrogen-bond donors (Lipinski definition) is 1. The van der Waals surface area contributed by atoms with E-state index in [9.17, 15) is 9.18 Å². The Hall–Kier alpha value is -2.67. The van der Waals surface area contributed by atoms with Crippen molar-refractivity contribution in [2.75, 3.05) is 6.61 Å². The van der Waals surface area contributed by atoms with E-state index in [-0.39, 0.29) is 24.9 Å². The molecule has 0 bridgehead atoms. The largest absolute Gasteiger partial charge is 0.385 e. The fraction of sp³-hybridized carbons (Fsp3) is 0.133. The first kappa shape index (κ1) is 15.2. The van der Waals surface area contributed by atoms with Gasteiger partial charge in [-0.1, -0.05) is 28.6 Å². The average Bonchev–Trinajstić information content (AvgIpc) is 2.94. The van der Waals surface area contributed by atoms with Crippen LogP contribution in [-0.2, 0) is 11.3 Å². The number of carbonyl (C=O) groups is 1. The Morgan fingerprint density at radius 2 is 2.04 bits per heavy atom. The van der Waals surface area contributed by atoms with E-state index in [1.807, 2.05) is 0 Å². The van der Waals surface area contributed by atoms with Crippen molar-refractivity contribution in [3.63, 3.8) is 0 Å². The molecule has 1 N–H and O–H groups in total. The summed E-state index contributed by atoms with van der Waals surface area (Å²) < 4.78 is 12.8. The second-order valence-corrected chi connectivity index (χ2v) is 5.21. The van der Waals surface area contributed by atoms with Crippen LogP contribution < -0.4 is 10.2 Å². The number of rotatable bonds is 5. The summed E-state index contributed by atoms with van der Waals surface area (Å²) in [4.78, 5) is 18.2. The lowest BCUT2D eigenvalue weighted by molar-refractivity contribution is -0.126. The van der Waals surface area contributed by atoms with Crippen molar-refractivity contribution in [2.45, 2.75) is 6.54 Å². The topological polar surface area (TPSA) is 69.0 Å². The Bertz CT molecular complexity index is 835. The third kappa shape index (κ3) is 3.75. The van der Waals surface area contributed by atoms with Gasteiger partial charge in [0, 0.05) is 11.6 Å². The molecule has 0 aliphatic carbocycles. The van der Waals surface area contributed by atoms with Crippen LogP contribution in [0, 0.1) is 5.82 Å². The number of carbonyl (C=O) groups excluding carboxylic acids is 1. The predicted molar refractivity (Wildman–Crippen MR) is 82.2 cm³/mol. The van der Waals surface area contributed by atoms with Crippen molar-refractivity contribution >= 4 is 28.5 Å². The summed E-state index contributed by atoms with van der Waals surface area (Å²) in [5.41, 5.74) is 1.97. The molecule has 0 saturated heterocycles. The van der Waals surface area contributed by atoms with E-state index < -0.39 is 0 Å². The molecule has 23 heavy (non-hydrogen) atoms. The second-order valence-electron chi connectivity index (χ2n) is 4.77. The van der Waals surface area contributed by atoms with E-state index in [4.69, 9.17) is 16.4 Å². The van der Waals surface area contributed by atoms with Gasteiger partial charge in [-0.3, -0.25) is 4.79 Å². The van der Waals surface area contributed by atoms with Crippen LogP contribution in [0.1, 0.15) is 5.56 Å². The molecule has 8 heteroatoms. The molecule has 6 nitrogen and oxygen atoms in total. The molecule has 1 amide bonds. The Labute approximate surface area is 135 Å². The quantitative estimate of drug-likeness (QED) is 0.774. The molecule has 118 valence electrons. The van der Waals surface area contributed by atoms with E-state index in [1.165, 1.54) is 12.1 Å². The number of nitrogens with one attached hydrogen (secondary N) is 1. The molecule has 0 aliphatic rings. The Morgan fingerprint density at radius 3 is 2.83 bits per heavy atom. The minimum Gasteiger partial charge on any atom is -0.385 e. The zero-order chi connectivity index (χ0) is 16.2. The minimum absolute atomic E-state index is 0.230. The first-order valence-corrected chi connectivity index (χ1v) is 7.15. The van der Waals surface area contributed by atoms with Crippen molar-refractivity contribution in [1.82, 2.24) is 20.5 Å². The summed E-state index contributed by atoms with van der Waals surface area (Å²) in [6, 6.07) is 10.9. The van der Waals surface area contributed by atoms with Gasteiger partial charge in [-0.15, -0.1) is 5.10 Å². The van der Waals surface area contributed by atoms with Gasteiger partial charge in [0.15, 0.2) is 6.61 Å². The summed E-state index contributed by atoms with van der Waals surface area (Å²) in [6.07, 6.45) is 0. The van der Waals surface area contributed by atoms with Gasteiger partial charge >= 0.3 is 0 Å². The third-order valence-electron chi connectivity index (χ3n) is 3.10. The summed E-state index contributed by atoms with van der Waals surface area (Å²) in [6.45, 7) is 0.0541. The van der Waals surface area contributed by atoms with Crippen molar-refractivity contribution in [1.29, 1.82) is 0 Å². The highest BCUT2D eigenvalue weighted by molar-refractivity contribution is 6.31. The molecule has 0 aliphatic heterocycles. The van der Waals surface area contributed by atoms with Gasteiger partial charge in [0.05, 0.1) is 0 Å². The highest BCUT2D eigenvalue weighted by Crippen LogP contribution is 2.16. The summed E-state index contributed by atoms with van der Waals surface area (Å²) in [5.74, 6) is -0.653. The van der Waals surface area contributed by atoms with E-state index >= 15 is 0 Å². The maximum absolute atomic E-state index is 12.8. The standard InChI is InChI=1S/C15H12ClFN4O2/c16-11-3-6-13-14(7-11)21(20-19-13)23-9-15(22)18-8-10-1-4-12(17)5-2-10/h1-7H,8-9H2,(H,18,22). The normalized spacial score (nSPS) is 10.7. The molecule has 0 spiro atoms. The van der Waals surface area contributed by atoms with Crippen molar-refractivity contribution in [3.05, 3.63) is 58.9 Å². The lowest BCUT2D eigenvalue weighted by Crippen LogP contribution is -2.31. The van der Waals surface area contributed by atoms with E-state index in [0.29, 0.717) is 16.1 Å². The molecular formula is C15H12ClFN4O2. The van der Waals surface area contributed by atoms with Crippen LogP contribution in [0.5, 0.6) is 0 Å². The Kier molecular flexibility index (Phi) is 4.38. The average molecular weight is 335 g/mol. The van der Waals surface area contributed by atoms with Gasteiger partial charge in [0.25, 0.3) is 5.91 Å². The van der Waals surface area contributed by atoms with Crippen LogP contribution in [0.15, 0.2) is 42.5 Å². The molecule has 3 rings (SSSR count). The molecule has 3 aromatic rings. The van der Waals surface area contributed by atoms with Gasteiger partial charge in [-0.25, -0.2) is 4.39 Å². The van der Waals surface area contributed by atoms with Gasteiger partial charge in [-0.05, 0) is 41.1 Å². The highest BCUT2D eigenvalue weighted by Gasteiger charge is 2.08. The molecule has 1 heterocycles. The molecule has 0 unspecified atom stereocenters. The van der Waals surface area contributed by atoms with Crippen LogP contribution in [0.2, 0.25) is 5.02 Å². The fourth-order valence-corrected chi connectivity index (χ4v) is 2.11. The summed E-state index contributed by atoms with van der Waals surface area (Å²) in [7, 11) is 0. The molecule has 0 atom stereocenters. The van der Waals surface area contributed by atoms with E-state index in [2.05, 4.69) is 15.6 Å². The van der Waals surface area contributed by atoms with Gasteiger partial charge in [-0.2, -0.15) is 0 Å². The van der Waals surface area contributed by atoms with E-state index in [1.54, 1.807) is 30.3 Å². The number of halogens is 2. The van der Waals surface area contributed by atoms with Crippen LogP contribution in [0.4, 0.5) is 4.39 Å². The predicted octanol–water partition coefficient (Wildman–Crippen LogP) is 1.97. The number of benzene rings is 2. The number of nitrogens with zero attached hydrogens (tertiary/aromatic N) is 3. The molecule has 1 aromatic heterocycles. The van der Waals surface area contributed by atoms with Gasteiger partial charge in [0.2, 0.25) is 0 Å². The van der Waals surface area contributed by atoms with Gasteiger partial charge < -0.3 is 10.2 Å². The van der Waals surface area contributed by atoms with Crippen molar-refractivity contribution in [2.24, 2.45) is 0 Å². The molecular weight excluding hydrogens is 323 g/mol. The smallest absolute Gasteiger partial charge is 0.261 e. The maximum Gasteiger partial charge on any atom is 0.261 e. The molecule has 0 radical (unpaired) electrons. The van der Waals surface area contributed by atoms with Crippen molar-refractivity contribution in [3.8, 4) is 0 Å². The lowest BCUT2D eigenvalue weighted by atomic mass is 10.2. The lowest BCUT2D eigenvalue weighted by Gasteiger charge is -2.07. The number of aromatic nitrogens is 3. The number of fused-ring (bicyclic) bond motifs is 1. The van der Waals surface area contributed by atoms with Crippen LogP contribution >= 0.6 is 11.6 Å². The Balaban J connectivity index is 1.55. The van der Waals surface area contributed by atoms with E-state index in [0.717, 1.165) is 10.4 Å². The molecule has 0 saturated carbocycles. The number of hydrogen-bond acceptors (Lipinski definition) is 4. The molecule has 0 fully saturated rings. The third-order valence-corrected chi connectivity index (χ3v) is 3.33. The van der Waals surface area contributed by atoms with Crippen LogP contribution in [0.3, 0.4) is 0 Å². The fourth-order valence-electron chi connectivity index (χ4n) is 1.94. The first-order valence-electron chi connectivity index (χ1n) is 6.77. The maximum atomic E-state index is 12.8. The SMILES string of the molecule is O=C(COn1nnc2ccc(Cl)cc21)NCc1ccc(F)cc1. The summed E-state index contributed by atoms with van der Waals surface area (Å²) in [5, 5.41) is 10.9. The highest BCUT2D eigenvalue weighted by atomic mass is 35.5. The van der Waals surface area contributed by atoms with Crippen molar-refractivity contribution < 1.29 is 14.0 Å².